The lowest BCUT2D eigenvalue weighted by Gasteiger charge is -2.28. The van der Waals surface area contributed by atoms with Gasteiger partial charge in [-0.25, -0.2) is 9.59 Å². The third-order valence-corrected chi connectivity index (χ3v) is 4.01. The Hall–Kier alpha value is -3.17. The number of nitrogens with zero attached hydrogens (tertiary/aromatic N) is 3. The number of oxime groups is 1. The topological polar surface area (TPSA) is 113 Å². The van der Waals surface area contributed by atoms with Crippen LogP contribution in [0.3, 0.4) is 0 Å². The molecule has 1 atom stereocenters. The van der Waals surface area contributed by atoms with Crippen molar-refractivity contribution in [1.82, 2.24) is 5.32 Å². The van der Waals surface area contributed by atoms with Crippen molar-refractivity contribution in [3.05, 3.63) is 18.2 Å². The molecular formula is C15H18N4O6. The maximum absolute atomic E-state index is 12.1. The molecule has 1 aromatic carbocycles. The smallest absolute Gasteiger partial charge is 0.414 e. The number of ether oxygens (including phenoxy) is 3. The number of nitrogens with one attached hydrogen (secondary N) is 1. The van der Waals surface area contributed by atoms with Crippen molar-refractivity contribution in [3.8, 4) is 5.75 Å². The van der Waals surface area contributed by atoms with Crippen LogP contribution in [-0.4, -0.2) is 63.2 Å². The second-order valence-corrected chi connectivity index (χ2v) is 5.50. The van der Waals surface area contributed by atoms with Crippen LogP contribution in [0, 0.1) is 0 Å². The average Bonchev–Trinajstić information content (AvgIpc) is 3.00. The number of methoxy groups -OCH3 is 1. The number of anilines is 2. The van der Waals surface area contributed by atoms with E-state index in [4.69, 9.17) is 14.7 Å². The molecule has 2 amide bonds. The summed E-state index contributed by atoms with van der Waals surface area (Å²) in [6.07, 6.45) is -1.56. The predicted molar refractivity (Wildman–Crippen MR) is 87.6 cm³/mol. The van der Waals surface area contributed by atoms with Gasteiger partial charge in [-0.2, -0.15) is 0 Å². The summed E-state index contributed by atoms with van der Waals surface area (Å²) in [6.45, 7) is 0.579. The predicted octanol–water partition coefficient (Wildman–Crippen LogP) is 0.984. The van der Waals surface area contributed by atoms with Gasteiger partial charge in [-0.05, 0) is 12.1 Å². The number of likely N-dealkylation sites (N-methyl/N-ethyl adjacent to an activating group) is 1. The van der Waals surface area contributed by atoms with E-state index in [1.54, 1.807) is 30.1 Å². The summed E-state index contributed by atoms with van der Waals surface area (Å²) in [6, 6.07) is 5.23. The summed E-state index contributed by atoms with van der Waals surface area (Å²) in [5.41, 5.74) is 1.33. The van der Waals surface area contributed by atoms with Crippen molar-refractivity contribution in [2.24, 2.45) is 5.16 Å². The van der Waals surface area contributed by atoms with Crippen LogP contribution in [0.4, 0.5) is 21.0 Å². The molecule has 2 N–H and O–H groups in total. The fourth-order valence-electron chi connectivity index (χ4n) is 2.65. The van der Waals surface area contributed by atoms with Crippen LogP contribution >= 0.6 is 0 Å². The molecule has 0 aromatic heterocycles. The van der Waals surface area contributed by atoms with Gasteiger partial charge in [-0.15, -0.1) is 0 Å². The number of alkyl carbamates (subject to hydrolysis) is 1. The van der Waals surface area contributed by atoms with E-state index in [2.05, 4.69) is 15.2 Å². The third-order valence-electron chi connectivity index (χ3n) is 4.01. The van der Waals surface area contributed by atoms with E-state index in [0.29, 0.717) is 23.8 Å². The number of hydrogen-bond acceptors (Lipinski definition) is 7. The van der Waals surface area contributed by atoms with Gasteiger partial charge in [0.05, 0.1) is 31.6 Å². The van der Waals surface area contributed by atoms with E-state index in [1.807, 2.05) is 0 Å². The van der Waals surface area contributed by atoms with E-state index >= 15 is 0 Å². The summed E-state index contributed by atoms with van der Waals surface area (Å²) in [7, 11) is 3.02. The largest absolute Gasteiger partial charge is 0.483 e. The van der Waals surface area contributed by atoms with Gasteiger partial charge < -0.3 is 29.6 Å². The molecule has 0 saturated carbocycles. The molecule has 0 spiro atoms. The highest BCUT2D eigenvalue weighted by Crippen LogP contribution is 2.36. The first-order valence-corrected chi connectivity index (χ1v) is 7.55. The highest BCUT2D eigenvalue weighted by molar-refractivity contribution is 6.01. The summed E-state index contributed by atoms with van der Waals surface area (Å²) in [5.74, 6) is 0.950. The molecule has 3 rings (SSSR count). The molecule has 2 aliphatic rings. The van der Waals surface area contributed by atoms with E-state index in [0.717, 1.165) is 5.69 Å². The number of carbonyl (C=O) groups is 2. The summed E-state index contributed by atoms with van der Waals surface area (Å²) in [5, 5.41) is 14.6. The third kappa shape index (κ3) is 3.23. The number of hydrogen-bond donors (Lipinski definition) is 2. The standard InChI is InChI=1S/C15H18N4O6/c1-18-11-4-3-9(5-12(11)24-8-13(18)17-22)19-7-10(25-15(19)21)6-16-14(20)23-2/h3-5,10,22H,6-8H2,1-2H3,(H,16,20)/t10-/m0/s1. The lowest BCUT2D eigenvalue weighted by atomic mass is 10.2. The van der Waals surface area contributed by atoms with Gasteiger partial charge in [0, 0.05) is 13.1 Å². The minimum Gasteiger partial charge on any atom is -0.483 e. The zero-order valence-electron chi connectivity index (χ0n) is 13.8. The molecule has 0 aliphatic carbocycles. The Morgan fingerprint density at radius 2 is 2.32 bits per heavy atom. The summed E-state index contributed by atoms with van der Waals surface area (Å²) < 4.78 is 15.3. The fraction of sp³-hybridized carbons (Fsp3) is 0.400. The Balaban J connectivity index is 1.73. The first kappa shape index (κ1) is 16.7. The van der Waals surface area contributed by atoms with Gasteiger partial charge in [0.15, 0.2) is 5.84 Å². The lowest BCUT2D eigenvalue weighted by Crippen LogP contribution is -2.36. The van der Waals surface area contributed by atoms with Gasteiger partial charge in [-0.3, -0.25) is 4.90 Å². The molecular weight excluding hydrogens is 332 g/mol. The molecule has 0 unspecified atom stereocenters. The van der Waals surface area contributed by atoms with Crippen LogP contribution in [0.25, 0.3) is 0 Å². The zero-order valence-corrected chi connectivity index (χ0v) is 13.8. The Kier molecular flexibility index (Phi) is 4.50. The number of benzene rings is 1. The van der Waals surface area contributed by atoms with Gasteiger partial charge in [0.25, 0.3) is 0 Å². The van der Waals surface area contributed by atoms with Crippen LogP contribution in [0.1, 0.15) is 0 Å². The zero-order chi connectivity index (χ0) is 18.0. The number of rotatable bonds is 3. The Labute approximate surface area is 143 Å². The van der Waals surface area contributed by atoms with Gasteiger partial charge in [-0.1, -0.05) is 5.16 Å². The number of amidine groups is 1. The van der Waals surface area contributed by atoms with Crippen molar-refractivity contribution in [1.29, 1.82) is 0 Å². The maximum Gasteiger partial charge on any atom is 0.414 e. The molecule has 1 saturated heterocycles. The quantitative estimate of drug-likeness (QED) is 0.617. The first-order valence-electron chi connectivity index (χ1n) is 7.55. The Morgan fingerprint density at radius 3 is 3.04 bits per heavy atom. The molecule has 134 valence electrons. The normalized spacial score (nSPS) is 20.8. The average molecular weight is 350 g/mol. The van der Waals surface area contributed by atoms with Crippen molar-refractivity contribution < 1.29 is 29.0 Å². The van der Waals surface area contributed by atoms with Crippen molar-refractivity contribution in [2.45, 2.75) is 6.10 Å². The molecule has 10 nitrogen and oxygen atoms in total. The van der Waals surface area contributed by atoms with Crippen LogP contribution < -0.4 is 19.9 Å². The molecule has 0 radical (unpaired) electrons. The van der Waals surface area contributed by atoms with Crippen LogP contribution in [-0.2, 0) is 9.47 Å². The second kappa shape index (κ2) is 6.75. The lowest BCUT2D eigenvalue weighted by molar-refractivity contribution is 0.132. The van der Waals surface area contributed by atoms with E-state index in [1.165, 1.54) is 12.0 Å². The molecule has 1 fully saturated rings. The van der Waals surface area contributed by atoms with Crippen molar-refractivity contribution >= 4 is 29.4 Å². The number of cyclic esters (lactones) is 1. The van der Waals surface area contributed by atoms with Gasteiger partial charge >= 0.3 is 12.2 Å². The van der Waals surface area contributed by atoms with E-state index in [-0.39, 0.29) is 13.2 Å². The number of fused-ring (bicyclic) bond motifs is 1. The minimum atomic E-state index is -0.582. The van der Waals surface area contributed by atoms with Crippen LogP contribution in [0.2, 0.25) is 0 Å². The highest BCUT2D eigenvalue weighted by Gasteiger charge is 2.33. The SMILES string of the molecule is COC(=O)NC[C@H]1CN(c2ccc3c(c2)OCC(=NO)N3C)C(=O)O1. The van der Waals surface area contributed by atoms with E-state index < -0.39 is 18.3 Å². The van der Waals surface area contributed by atoms with Gasteiger partial charge in [0.1, 0.15) is 18.5 Å². The molecule has 2 aliphatic heterocycles. The summed E-state index contributed by atoms with van der Waals surface area (Å²) >= 11 is 0. The van der Waals surface area contributed by atoms with Gasteiger partial charge in [0.2, 0.25) is 0 Å². The highest BCUT2D eigenvalue weighted by atomic mass is 16.6. The van der Waals surface area contributed by atoms with Crippen molar-refractivity contribution in [2.75, 3.05) is 43.7 Å². The van der Waals surface area contributed by atoms with Crippen LogP contribution in [0.15, 0.2) is 23.4 Å². The molecule has 25 heavy (non-hydrogen) atoms. The minimum absolute atomic E-state index is 0.125. The monoisotopic (exact) mass is 350 g/mol. The number of amides is 2. The van der Waals surface area contributed by atoms with Crippen LogP contribution in [0.5, 0.6) is 5.75 Å². The Morgan fingerprint density at radius 1 is 1.52 bits per heavy atom. The first-order chi connectivity index (χ1) is 12.0. The second-order valence-electron chi connectivity index (χ2n) is 5.50. The van der Waals surface area contributed by atoms with Crippen molar-refractivity contribution in [3.63, 3.8) is 0 Å². The maximum atomic E-state index is 12.1. The van der Waals surface area contributed by atoms with E-state index in [9.17, 15) is 9.59 Å². The fourth-order valence-corrected chi connectivity index (χ4v) is 2.65. The molecule has 0 bridgehead atoms. The molecule has 10 heteroatoms. The molecule has 1 aromatic rings. The number of carbonyl (C=O) groups excluding carboxylic acids is 2. The Bertz CT molecular complexity index is 722. The summed E-state index contributed by atoms with van der Waals surface area (Å²) in [4.78, 5) is 26.4. The molecule has 2 heterocycles.